The van der Waals surface area contributed by atoms with Crippen molar-refractivity contribution in [3.63, 3.8) is 0 Å². The van der Waals surface area contributed by atoms with Crippen LogP contribution < -0.4 is 0 Å². The maximum Gasteiger partial charge on any atom is -0.00206 e. The Hall–Kier alpha value is -5.72. The molecule has 0 aliphatic rings. The molecular formula is C44H28. The lowest BCUT2D eigenvalue weighted by molar-refractivity contribution is 1.58. The van der Waals surface area contributed by atoms with Gasteiger partial charge in [0, 0.05) is 0 Å². The van der Waals surface area contributed by atoms with Crippen molar-refractivity contribution in [3.05, 3.63) is 170 Å². The number of rotatable bonds is 4. The van der Waals surface area contributed by atoms with Gasteiger partial charge in [-0.25, -0.2) is 0 Å². The summed E-state index contributed by atoms with van der Waals surface area (Å²) in [6, 6.07) is 62.3. The van der Waals surface area contributed by atoms with Crippen molar-refractivity contribution in [3.8, 4) is 44.5 Å². The zero-order chi connectivity index (χ0) is 29.0. The molecule has 0 aliphatic carbocycles. The predicted molar refractivity (Wildman–Crippen MR) is 189 cm³/mol. The van der Waals surface area contributed by atoms with Crippen molar-refractivity contribution in [2.45, 2.75) is 0 Å². The van der Waals surface area contributed by atoms with Crippen LogP contribution in [-0.2, 0) is 0 Å². The van der Waals surface area contributed by atoms with Gasteiger partial charge in [-0.3, -0.25) is 0 Å². The molecule has 0 radical (unpaired) electrons. The summed E-state index contributed by atoms with van der Waals surface area (Å²) < 4.78 is 0. The van der Waals surface area contributed by atoms with Crippen LogP contribution in [0.3, 0.4) is 0 Å². The highest BCUT2D eigenvalue weighted by atomic mass is 14.2. The van der Waals surface area contributed by atoms with E-state index in [1.165, 1.54) is 87.6 Å². The van der Waals surface area contributed by atoms with Crippen molar-refractivity contribution in [2.75, 3.05) is 0 Å². The van der Waals surface area contributed by atoms with E-state index in [9.17, 15) is 0 Å². The standard InChI is InChI=1S/C44H28/c1-2-18-39-29(8-1)9-7-19-40(39)37-16-5-14-35(27-37)33-12-4-13-34(26-33)36-15-6-17-38(28-36)41-24-22-32-21-20-30-10-3-11-31-23-25-42(41)44(32)43(30)31/h1-28H. The molecule has 0 unspecified atom stereocenters. The summed E-state index contributed by atoms with van der Waals surface area (Å²) in [5.41, 5.74) is 9.90. The smallest absolute Gasteiger partial charge is 0.00206 e. The van der Waals surface area contributed by atoms with Gasteiger partial charge < -0.3 is 0 Å². The molecule has 9 aromatic rings. The maximum absolute atomic E-state index is 2.35. The molecule has 0 heterocycles. The van der Waals surface area contributed by atoms with Gasteiger partial charge in [0.2, 0.25) is 0 Å². The Bertz CT molecular complexity index is 2480. The molecule has 44 heavy (non-hydrogen) atoms. The maximum atomic E-state index is 2.35. The molecule has 0 aliphatic heterocycles. The number of hydrogen-bond donors (Lipinski definition) is 0. The van der Waals surface area contributed by atoms with Gasteiger partial charge in [-0.1, -0.05) is 152 Å². The summed E-state index contributed by atoms with van der Waals surface area (Å²) in [6.07, 6.45) is 0. The first-order valence-corrected chi connectivity index (χ1v) is 15.3. The minimum Gasteiger partial charge on any atom is -0.0616 e. The van der Waals surface area contributed by atoms with Gasteiger partial charge in [0.1, 0.15) is 0 Å². The molecule has 0 N–H and O–H groups in total. The molecule has 9 rings (SSSR count). The second-order valence-electron chi connectivity index (χ2n) is 11.7. The molecule has 0 amide bonds. The van der Waals surface area contributed by atoms with Crippen LogP contribution in [0.25, 0.3) is 87.6 Å². The fourth-order valence-electron chi connectivity index (χ4n) is 7.08. The Balaban J connectivity index is 1.13. The first kappa shape index (κ1) is 24.8. The molecular weight excluding hydrogens is 528 g/mol. The zero-order valence-corrected chi connectivity index (χ0v) is 24.2. The SMILES string of the molecule is c1cc(-c2cccc(-c3cccc4ccccc34)c2)cc(-c2cccc(-c3ccc4ccc5cccc6ccc3c4c56)c2)c1. The summed E-state index contributed by atoms with van der Waals surface area (Å²) in [5.74, 6) is 0. The normalized spacial score (nSPS) is 11.6. The summed E-state index contributed by atoms with van der Waals surface area (Å²) >= 11 is 0. The van der Waals surface area contributed by atoms with Crippen molar-refractivity contribution in [1.82, 2.24) is 0 Å². The molecule has 0 spiro atoms. The van der Waals surface area contributed by atoms with Crippen molar-refractivity contribution in [2.24, 2.45) is 0 Å². The largest absolute Gasteiger partial charge is 0.0616 e. The first-order valence-electron chi connectivity index (χ1n) is 15.3. The summed E-state index contributed by atoms with van der Waals surface area (Å²) in [5, 5.41) is 10.5. The van der Waals surface area contributed by atoms with Crippen LogP contribution in [-0.4, -0.2) is 0 Å². The van der Waals surface area contributed by atoms with Crippen LogP contribution in [0.4, 0.5) is 0 Å². The fourth-order valence-corrected chi connectivity index (χ4v) is 7.08. The Morgan fingerprint density at radius 3 is 1.34 bits per heavy atom. The molecule has 0 atom stereocenters. The van der Waals surface area contributed by atoms with Gasteiger partial charge in [-0.15, -0.1) is 0 Å². The van der Waals surface area contributed by atoms with Crippen LogP contribution in [0.15, 0.2) is 170 Å². The zero-order valence-electron chi connectivity index (χ0n) is 24.2. The molecule has 0 fully saturated rings. The molecule has 0 nitrogen and oxygen atoms in total. The van der Waals surface area contributed by atoms with Crippen LogP contribution in [0.1, 0.15) is 0 Å². The number of fused-ring (bicyclic) bond motifs is 1. The minimum absolute atomic E-state index is 1.22. The van der Waals surface area contributed by atoms with E-state index in [1.54, 1.807) is 0 Å². The van der Waals surface area contributed by atoms with Crippen molar-refractivity contribution >= 4 is 43.1 Å². The van der Waals surface area contributed by atoms with Gasteiger partial charge in [0.05, 0.1) is 0 Å². The second-order valence-corrected chi connectivity index (χ2v) is 11.7. The van der Waals surface area contributed by atoms with Gasteiger partial charge in [-0.05, 0) is 106 Å². The topological polar surface area (TPSA) is 0 Å². The third kappa shape index (κ3) is 4.00. The van der Waals surface area contributed by atoms with E-state index in [0.717, 1.165) is 0 Å². The van der Waals surface area contributed by atoms with E-state index in [-0.39, 0.29) is 0 Å². The summed E-state index contributed by atoms with van der Waals surface area (Å²) in [7, 11) is 0. The fraction of sp³-hybridized carbons (Fsp3) is 0. The lowest BCUT2D eigenvalue weighted by Gasteiger charge is -2.15. The predicted octanol–water partition coefficient (Wildman–Crippen LogP) is 12.4. The molecule has 0 saturated carbocycles. The Labute approximate surface area is 256 Å². The summed E-state index contributed by atoms with van der Waals surface area (Å²) in [6.45, 7) is 0. The molecule has 9 aromatic carbocycles. The molecule has 204 valence electrons. The highest BCUT2D eigenvalue weighted by Crippen LogP contribution is 2.40. The van der Waals surface area contributed by atoms with Gasteiger partial charge in [0.15, 0.2) is 0 Å². The average Bonchev–Trinajstić information content (AvgIpc) is 3.10. The molecule has 0 heteroatoms. The average molecular weight is 557 g/mol. The minimum atomic E-state index is 1.22. The molecule has 0 saturated heterocycles. The molecule has 0 bridgehead atoms. The lowest BCUT2D eigenvalue weighted by Crippen LogP contribution is -1.88. The Morgan fingerprint density at radius 2 is 0.659 bits per heavy atom. The quantitative estimate of drug-likeness (QED) is 0.189. The highest BCUT2D eigenvalue weighted by molar-refractivity contribution is 6.25. The first-order chi connectivity index (χ1) is 21.8. The van der Waals surface area contributed by atoms with Gasteiger partial charge >= 0.3 is 0 Å². The van der Waals surface area contributed by atoms with Crippen molar-refractivity contribution < 1.29 is 0 Å². The van der Waals surface area contributed by atoms with Crippen molar-refractivity contribution in [1.29, 1.82) is 0 Å². The van der Waals surface area contributed by atoms with E-state index in [0.29, 0.717) is 0 Å². The second kappa shape index (κ2) is 9.93. The molecule has 0 aromatic heterocycles. The van der Waals surface area contributed by atoms with Crippen LogP contribution in [0, 0.1) is 0 Å². The van der Waals surface area contributed by atoms with Gasteiger partial charge in [0.25, 0.3) is 0 Å². The van der Waals surface area contributed by atoms with E-state index in [4.69, 9.17) is 0 Å². The lowest BCUT2D eigenvalue weighted by atomic mass is 9.89. The van der Waals surface area contributed by atoms with E-state index in [2.05, 4.69) is 170 Å². The van der Waals surface area contributed by atoms with Crippen LogP contribution in [0.2, 0.25) is 0 Å². The van der Waals surface area contributed by atoms with Crippen LogP contribution in [0.5, 0.6) is 0 Å². The van der Waals surface area contributed by atoms with E-state index < -0.39 is 0 Å². The van der Waals surface area contributed by atoms with E-state index >= 15 is 0 Å². The third-order valence-electron chi connectivity index (χ3n) is 9.19. The van der Waals surface area contributed by atoms with Crippen LogP contribution >= 0.6 is 0 Å². The number of benzene rings is 9. The van der Waals surface area contributed by atoms with E-state index in [1.807, 2.05) is 0 Å². The monoisotopic (exact) mass is 556 g/mol. The Kier molecular flexibility index (Phi) is 5.61. The summed E-state index contributed by atoms with van der Waals surface area (Å²) in [4.78, 5) is 0. The Morgan fingerprint density at radius 1 is 0.227 bits per heavy atom. The highest BCUT2D eigenvalue weighted by Gasteiger charge is 2.13. The van der Waals surface area contributed by atoms with Gasteiger partial charge in [-0.2, -0.15) is 0 Å². The third-order valence-corrected chi connectivity index (χ3v) is 9.19. The number of hydrogen-bond acceptors (Lipinski definition) is 0.